The predicted octanol–water partition coefficient (Wildman–Crippen LogP) is 0.954. The number of nitrogens with one attached hydrogen (secondary N) is 2. The minimum atomic E-state index is -3.59. The van der Waals surface area contributed by atoms with Crippen LogP contribution in [-0.2, 0) is 14.8 Å². The van der Waals surface area contributed by atoms with Crippen molar-refractivity contribution in [2.24, 2.45) is 0 Å². The summed E-state index contributed by atoms with van der Waals surface area (Å²) in [6, 6.07) is 4.78. The molecule has 2 rings (SSSR count). The minimum Gasteiger partial charge on any atom is -0.492 e. The molecule has 2 N–H and O–H groups in total. The molecular formula is C17H28N4O4S2. The van der Waals surface area contributed by atoms with Crippen LogP contribution in [0.1, 0.15) is 6.92 Å². The molecule has 0 radical (unpaired) electrons. The Morgan fingerprint density at radius 3 is 2.67 bits per heavy atom. The highest BCUT2D eigenvalue weighted by atomic mass is 32.2. The molecule has 0 amide bonds. The second kappa shape index (κ2) is 10.2. The van der Waals surface area contributed by atoms with Crippen molar-refractivity contribution in [1.29, 1.82) is 0 Å². The van der Waals surface area contributed by atoms with Gasteiger partial charge in [-0.05, 0) is 51.4 Å². The van der Waals surface area contributed by atoms with E-state index in [4.69, 9.17) is 21.7 Å². The molecule has 1 aromatic carbocycles. The van der Waals surface area contributed by atoms with Crippen LogP contribution in [0.4, 0.5) is 5.69 Å². The lowest BCUT2D eigenvalue weighted by molar-refractivity contribution is 0.0730. The summed E-state index contributed by atoms with van der Waals surface area (Å²) in [5.41, 5.74) is 0.522. The van der Waals surface area contributed by atoms with Gasteiger partial charge in [-0.1, -0.05) is 0 Å². The number of hydrogen-bond acceptors (Lipinski definition) is 6. The fourth-order valence-corrected chi connectivity index (χ4v) is 4.19. The van der Waals surface area contributed by atoms with E-state index in [2.05, 4.69) is 10.6 Å². The van der Waals surface area contributed by atoms with Crippen LogP contribution in [0, 0.1) is 0 Å². The third-order valence-electron chi connectivity index (χ3n) is 3.95. The standard InChI is InChI=1S/C17H28N4O4S2/c1-4-25-16-6-5-14(27(22,23)21-9-11-24-12-10-21)13-15(16)19-17(26)18-7-8-20(2)3/h5-6,13H,4,7-12H2,1-3H3,(H2,18,19,26). The molecule has 8 nitrogen and oxygen atoms in total. The first-order chi connectivity index (χ1) is 12.8. The highest BCUT2D eigenvalue weighted by Crippen LogP contribution is 2.29. The molecule has 0 spiro atoms. The molecule has 152 valence electrons. The maximum atomic E-state index is 12.9. The molecule has 0 aliphatic carbocycles. The summed E-state index contributed by atoms with van der Waals surface area (Å²) in [6.45, 7) is 5.34. The van der Waals surface area contributed by atoms with E-state index < -0.39 is 10.0 Å². The van der Waals surface area contributed by atoms with E-state index in [1.165, 1.54) is 4.31 Å². The Morgan fingerprint density at radius 2 is 2.04 bits per heavy atom. The molecule has 0 bridgehead atoms. The number of anilines is 1. The number of thiocarbonyl (C=S) groups is 1. The zero-order chi connectivity index (χ0) is 19.9. The Bertz CT molecular complexity index is 734. The van der Waals surface area contributed by atoms with Crippen LogP contribution in [0.2, 0.25) is 0 Å². The van der Waals surface area contributed by atoms with Gasteiger partial charge >= 0.3 is 0 Å². The number of benzene rings is 1. The summed E-state index contributed by atoms with van der Waals surface area (Å²) in [6.07, 6.45) is 0. The highest BCUT2D eigenvalue weighted by Gasteiger charge is 2.27. The van der Waals surface area contributed by atoms with Crippen molar-refractivity contribution in [3.8, 4) is 5.75 Å². The van der Waals surface area contributed by atoms with Crippen LogP contribution in [0.25, 0.3) is 0 Å². The van der Waals surface area contributed by atoms with Crippen LogP contribution >= 0.6 is 12.2 Å². The van der Waals surface area contributed by atoms with Gasteiger partial charge in [0.2, 0.25) is 10.0 Å². The second-order valence-corrected chi connectivity index (χ2v) is 8.64. The molecule has 0 aromatic heterocycles. The van der Waals surface area contributed by atoms with Gasteiger partial charge in [0.1, 0.15) is 5.75 Å². The fourth-order valence-electron chi connectivity index (χ4n) is 2.54. The molecule has 10 heteroatoms. The van der Waals surface area contributed by atoms with Gasteiger partial charge in [0.15, 0.2) is 5.11 Å². The number of ether oxygens (including phenoxy) is 2. The Labute approximate surface area is 166 Å². The van der Waals surface area contributed by atoms with Crippen LogP contribution in [-0.4, -0.2) is 82.8 Å². The summed E-state index contributed by atoms with van der Waals surface area (Å²) in [7, 11) is 0.362. The summed E-state index contributed by atoms with van der Waals surface area (Å²) < 4.78 is 38.1. The Hall–Kier alpha value is -1.46. The molecule has 1 aliphatic heterocycles. The number of morpholine rings is 1. The summed E-state index contributed by atoms with van der Waals surface area (Å²) in [4.78, 5) is 2.24. The normalized spacial score (nSPS) is 15.6. The van der Waals surface area contributed by atoms with E-state index in [-0.39, 0.29) is 4.90 Å². The van der Waals surface area contributed by atoms with Crippen molar-refractivity contribution >= 4 is 33.0 Å². The van der Waals surface area contributed by atoms with Crippen LogP contribution in [0.5, 0.6) is 5.75 Å². The topological polar surface area (TPSA) is 83.1 Å². The number of hydrogen-bond donors (Lipinski definition) is 2. The highest BCUT2D eigenvalue weighted by molar-refractivity contribution is 7.89. The number of nitrogens with zero attached hydrogens (tertiary/aromatic N) is 2. The van der Waals surface area contributed by atoms with E-state index in [1.54, 1.807) is 18.2 Å². The van der Waals surface area contributed by atoms with Crippen LogP contribution in [0.3, 0.4) is 0 Å². The van der Waals surface area contributed by atoms with Crippen molar-refractivity contribution in [1.82, 2.24) is 14.5 Å². The molecule has 0 unspecified atom stereocenters. The third kappa shape index (κ3) is 6.28. The van der Waals surface area contributed by atoms with Gasteiger partial charge < -0.3 is 25.0 Å². The Balaban J connectivity index is 2.18. The lowest BCUT2D eigenvalue weighted by Crippen LogP contribution is -2.40. The van der Waals surface area contributed by atoms with Gasteiger partial charge in [-0.3, -0.25) is 0 Å². The van der Waals surface area contributed by atoms with Gasteiger partial charge in [0.25, 0.3) is 0 Å². The third-order valence-corrected chi connectivity index (χ3v) is 6.09. The molecule has 1 heterocycles. The van der Waals surface area contributed by atoms with Crippen molar-refractivity contribution in [2.75, 3.05) is 65.4 Å². The second-order valence-electron chi connectivity index (χ2n) is 6.29. The molecule has 0 saturated carbocycles. The molecule has 1 saturated heterocycles. The van der Waals surface area contributed by atoms with E-state index in [9.17, 15) is 8.42 Å². The van der Waals surface area contributed by atoms with E-state index >= 15 is 0 Å². The van der Waals surface area contributed by atoms with E-state index in [0.717, 1.165) is 6.54 Å². The van der Waals surface area contributed by atoms with Crippen LogP contribution < -0.4 is 15.4 Å². The quantitative estimate of drug-likeness (QED) is 0.607. The maximum Gasteiger partial charge on any atom is 0.243 e. The summed E-state index contributed by atoms with van der Waals surface area (Å²) >= 11 is 5.32. The maximum absolute atomic E-state index is 12.9. The predicted molar refractivity (Wildman–Crippen MR) is 110 cm³/mol. The minimum absolute atomic E-state index is 0.200. The van der Waals surface area contributed by atoms with Crippen molar-refractivity contribution < 1.29 is 17.9 Å². The fraction of sp³-hybridized carbons (Fsp3) is 0.588. The smallest absolute Gasteiger partial charge is 0.243 e. The van der Waals surface area contributed by atoms with Crippen LogP contribution in [0.15, 0.2) is 23.1 Å². The number of rotatable bonds is 8. The molecular weight excluding hydrogens is 388 g/mol. The lowest BCUT2D eigenvalue weighted by Gasteiger charge is -2.26. The number of sulfonamides is 1. The Kier molecular flexibility index (Phi) is 8.24. The molecule has 1 aromatic rings. The van der Waals surface area contributed by atoms with Crippen molar-refractivity contribution in [2.45, 2.75) is 11.8 Å². The monoisotopic (exact) mass is 416 g/mol. The summed E-state index contributed by atoms with van der Waals surface area (Å²) in [5, 5.41) is 6.57. The van der Waals surface area contributed by atoms with Crippen molar-refractivity contribution in [3.63, 3.8) is 0 Å². The molecule has 0 atom stereocenters. The lowest BCUT2D eigenvalue weighted by atomic mass is 10.3. The largest absolute Gasteiger partial charge is 0.492 e. The van der Waals surface area contributed by atoms with Gasteiger partial charge in [0, 0.05) is 26.2 Å². The van der Waals surface area contributed by atoms with Gasteiger partial charge in [-0.15, -0.1) is 0 Å². The molecule has 1 fully saturated rings. The average molecular weight is 417 g/mol. The zero-order valence-electron chi connectivity index (χ0n) is 16.0. The molecule has 27 heavy (non-hydrogen) atoms. The van der Waals surface area contributed by atoms with Gasteiger partial charge in [-0.2, -0.15) is 4.31 Å². The summed E-state index contributed by atoms with van der Waals surface area (Å²) in [5.74, 6) is 0.551. The van der Waals surface area contributed by atoms with Crippen molar-refractivity contribution in [3.05, 3.63) is 18.2 Å². The first-order valence-corrected chi connectivity index (χ1v) is 10.7. The van der Waals surface area contributed by atoms with E-state index in [0.29, 0.717) is 56.0 Å². The average Bonchev–Trinajstić information content (AvgIpc) is 2.63. The zero-order valence-corrected chi connectivity index (χ0v) is 17.7. The SMILES string of the molecule is CCOc1ccc(S(=O)(=O)N2CCOCC2)cc1NC(=S)NCCN(C)C. The van der Waals surface area contributed by atoms with Gasteiger partial charge in [0.05, 0.1) is 30.4 Å². The molecule has 1 aliphatic rings. The van der Waals surface area contributed by atoms with E-state index in [1.807, 2.05) is 25.9 Å². The first kappa shape index (κ1) is 21.8. The first-order valence-electron chi connectivity index (χ1n) is 8.89. The Morgan fingerprint density at radius 1 is 1.33 bits per heavy atom. The van der Waals surface area contributed by atoms with Gasteiger partial charge in [-0.25, -0.2) is 8.42 Å². The number of likely N-dealkylation sites (N-methyl/N-ethyl adjacent to an activating group) is 1.